The van der Waals surface area contributed by atoms with E-state index >= 15 is 0 Å². The zero-order valence-corrected chi connectivity index (χ0v) is 11.7. The first kappa shape index (κ1) is 12.8. The van der Waals surface area contributed by atoms with E-state index in [4.69, 9.17) is 0 Å². The van der Waals surface area contributed by atoms with Crippen LogP contribution in [0, 0.1) is 11.8 Å². The van der Waals surface area contributed by atoms with E-state index in [0.29, 0.717) is 0 Å². The number of nitrogens with zero attached hydrogens (tertiary/aromatic N) is 2. The molecule has 1 saturated carbocycles. The minimum Gasteiger partial charge on any atom is -0.360 e. The van der Waals surface area contributed by atoms with Crippen LogP contribution in [0.1, 0.15) is 51.8 Å². The van der Waals surface area contributed by atoms with Gasteiger partial charge in [-0.05, 0) is 31.1 Å². The van der Waals surface area contributed by atoms with Crippen molar-refractivity contribution in [1.82, 2.24) is 9.36 Å². The molecule has 4 heteroatoms. The predicted molar refractivity (Wildman–Crippen MR) is 73.5 cm³/mol. The Kier molecular flexibility index (Phi) is 4.77. The summed E-state index contributed by atoms with van der Waals surface area (Å²) in [4.78, 5) is 4.50. The van der Waals surface area contributed by atoms with Crippen molar-refractivity contribution in [2.24, 2.45) is 11.8 Å². The summed E-state index contributed by atoms with van der Waals surface area (Å²) in [7, 11) is 0. The number of aryl methyl sites for hydroxylation is 1. The normalized spacial score (nSPS) is 24.8. The summed E-state index contributed by atoms with van der Waals surface area (Å²) in [5.41, 5.74) is 0. The van der Waals surface area contributed by atoms with E-state index in [9.17, 15) is 0 Å². The Morgan fingerprint density at radius 1 is 1.29 bits per heavy atom. The molecule has 1 aromatic rings. The summed E-state index contributed by atoms with van der Waals surface area (Å²) >= 11 is 1.51. The molecule has 0 amide bonds. The van der Waals surface area contributed by atoms with Gasteiger partial charge in [-0.2, -0.15) is 4.37 Å². The van der Waals surface area contributed by atoms with Gasteiger partial charge in [0.1, 0.15) is 5.82 Å². The van der Waals surface area contributed by atoms with Crippen LogP contribution in [-0.2, 0) is 6.42 Å². The zero-order chi connectivity index (χ0) is 12.1. The first-order valence-corrected chi connectivity index (χ1v) is 7.61. The predicted octanol–water partition coefficient (Wildman–Crippen LogP) is 3.73. The number of nitrogens with one attached hydrogen (secondary N) is 1. The van der Waals surface area contributed by atoms with Crippen molar-refractivity contribution in [2.75, 3.05) is 11.9 Å². The van der Waals surface area contributed by atoms with Crippen molar-refractivity contribution in [3.63, 3.8) is 0 Å². The lowest BCUT2D eigenvalue weighted by Gasteiger charge is -2.25. The number of hydrogen-bond acceptors (Lipinski definition) is 4. The molecule has 0 saturated heterocycles. The van der Waals surface area contributed by atoms with Gasteiger partial charge in [0.05, 0.1) is 0 Å². The van der Waals surface area contributed by atoms with E-state index in [-0.39, 0.29) is 0 Å². The van der Waals surface area contributed by atoms with Crippen LogP contribution >= 0.6 is 11.5 Å². The molecule has 2 rings (SSSR count). The Bertz CT molecular complexity index is 329. The minimum absolute atomic E-state index is 0.838. The molecule has 0 aliphatic heterocycles. The molecule has 1 aromatic heterocycles. The molecule has 0 aromatic carbocycles. The summed E-state index contributed by atoms with van der Waals surface area (Å²) < 4.78 is 4.35. The molecule has 0 radical (unpaired) electrons. The van der Waals surface area contributed by atoms with Crippen LogP contribution in [-0.4, -0.2) is 15.9 Å². The van der Waals surface area contributed by atoms with E-state index < -0.39 is 0 Å². The standard InChI is InChI=1S/C13H23N3S/c1-3-4-12-15-13(17-16-12)14-9-11-7-5-10(2)6-8-11/h10-11H,3-9H2,1-2H3,(H,14,15,16). The molecular weight excluding hydrogens is 230 g/mol. The van der Waals surface area contributed by atoms with Crippen LogP contribution in [0.5, 0.6) is 0 Å². The second-order valence-electron chi connectivity index (χ2n) is 5.27. The first-order chi connectivity index (χ1) is 8.28. The smallest absolute Gasteiger partial charge is 0.202 e. The largest absolute Gasteiger partial charge is 0.360 e. The highest BCUT2D eigenvalue weighted by molar-refractivity contribution is 7.09. The van der Waals surface area contributed by atoms with Crippen LogP contribution in [0.2, 0.25) is 0 Å². The molecule has 3 nitrogen and oxygen atoms in total. The summed E-state index contributed by atoms with van der Waals surface area (Å²) in [5, 5.41) is 4.46. The van der Waals surface area contributed by atoms with Gasteiger partial charge in [0.2, 0.25) is 5.13 Å². The molecule has 0 atom stereocenters. The van der Waals surface area contributed by atoms with Crippen molar-refractivity contribution >= 4 is 16.7 Å². The average Bonchev–Trinajstić information content (AvgIpc) is 2.77. The summed E-state index contributed by atoms with van der Waals surface area (Å²) in [6.07, 6.45) is 7.65. The summed E-state index contributed by atoms with van der Waals surface area (Å²) in [5.74, 6) is 2.77. The van der Waals surface area contributed by atoms with Gasteiger partial charge in [-0.15, -0.1) is 0 Å². The highest BCUT2D eigenvalue weighted by atomic mass is 32.1. The fraction of sp³-hybridized carbons (Fsp3) is 0.846. The Morgan fingerprint density at radius 3 is 2.76 bits per heavy atom. The van der Waals surface area contributed by atoms with Crippen LogP contribution in [0.4, 0.5) is 5.13 Å². The van der Waals surface area contributed by atoms with Crippen molar-refractivity contribution in [1.29, 1.82) is 0 Å². The maximum absolute atomic E-state index is 4.50. The monoisotopic (exact) mass is 253 g/mol. The molecule has 0 unspecified atom stereocenters. The molecule has 96 valence electrons. The quantitative estimate of drug-likeness (QED) is 0.869. The molecule has 1 N–H and O–H groups in total. The lowest BCUT2D eigenvalue weighted by atomic mass is 9.83. The Morgan fingerprint density at radius 2 is 2.06 bits per heavy atom. The second-order valence-corrected chi connectivity index (χ2v) is 6.02. The van der Waals surface area contributed by atoms with Gasteiger partial charge < -0.3 is 5.32 Å². The van der Waals surface area contributed by atoms with Gasteiger partial charge in [0, 0.05) is 24.5 Å². The van der Waals surface area contributed by atoms with E-state index in [1.54, 1.807) is 0 Å². The van der Waals surface area contributed by atoms with E-state index in [1.165, 1.54) is 37.2 Å². The molecule has 1 aliphatic carbocycles. The van der Waals surface area contributed by atoms with Gasteiger partial charge in [0.15, 0.2) is 0 Å². The lowest BCUT2D eigenvalue weighted by molar-refractivity contribution is 0.300. The minimum atomic E-state index is 0.838. The van der Waals surface area contributed by atoms with E-state index in [1.807, 2.05) is 0 Å². The van der Waals surface area contributed by atoms with Crippen molar-refractivity contribution in [3.8, 4) is 0 Å². The first-order valence-electron chi connectivity index (χ1n) is 6.84. The summed E-state index contributed by atoms with van der Waals surface area (Å²) in [6.45, 7) is 5.61. The van der Waals surface area contributed by atoms with E-state index in [0.717, 1.165) is 42.2 Å². The SMILES string of the molecule is CCCc1nsc(NCC2CCC(C)CC2)n1. The molecule has 0 spiro atoms. The van der Waals surface area contributed by atoms with Crippen molar-refractivity contribution in [3.05, 3.63) is 5.82 Å². The van der Waals surface area contributed by atoms with Gasteiger partial charge in [0.25, 0.3) is 0 Å². The molecule has 17 heavy (non-hydrogen) atoms. The molecule has 0 bridgehead atoms. The maximum Gasteiger partial charge on any atom is 0.202 e. The Labute approximate surface area is 108 Å². The number of aromatic nitrogens is 2. The molecular formula is C13H23N3S. The van der Waals surface area contributed by atoms with Crippen LogP contribution < -0.4 is 5.32 Å². The van der Waals surface area contributed by atoms with Crippen molar-refractivity contribution < 1.29 is 0 Å². The highest BCUT2D eigenvalue weighted by Gasteiger charge is 2.18. The highest BCUT2D eigenvalue weighted by Crippen LogP contribution is 2.28. The van der Waals surface area contributed by atoms with E-state index in [2.05, 4.69) is 28.5 Å². The Balaban J connectivity index is 1.73. The van der Waals surface area contributed by atoms with Crippen LogP contribution in [0.3, 0.4) is 0 Å². The van der Waals surface area contributed by atoms with Crippen LogP contribution in [0.15, 0.2) is 0 Å². The molecule has 1 aliphatic rings. The average molecular weight is 253 g/mol. The zero-order valence-electron chi connectivity index (χ0n) is 10.9. The van der Waals surface area contributed by atoms with Gasteiger partial charge in [-0.25, -0.2) is 4.98 Å². The second kappa shape index (κ2) is 6.34. The molecule has 1 fully saturated rings. The lowest BCUT2D eigenvalue weighted by Crippen LogP contribution is -2.20. The van der Waals surface area contributed by atoms with Crippen molar-refractivity contribution in [2.45, 2.75) is 52.4 Å². The Hall–Kier alpha value is -0.640. The maximum atomic E-state index is 4.50. The fourth-order valence-electron chi connectivity index (χ4n) is 2.42. The fourth-order valence-corrected chi connectivity index (χ4v) is 3.03. The number of anilines is 1. The van der Waals surface area contributed by atoms with Gasteiger partial charge in [-0.3, -0.25) is 0 Å². The molecule has 1 heterocycles. The number of hydrogen-bond donors (Lipinski definition) is 1. The topological polar surface area (TPSA) is 37.8 Å². The van der Waals surface area contributed by atoms with Gasteiger partial charge in [-0.1, -0.05) is 26.7 Å². The third kappa shape index (κ3) is 3.95. The van der Waals surface area contributed by atoms with Gasteiger partial charge >= 0.3 is 0 Å². The summed E-state index contributed by atoms with van der Waals surface area (Å²) in [6, 6.07) is 0. The van der Waals surface area contributed by atoms with Crippen LogP contribution in [0.25, 0.3) is 0 Å². The number of rotatable bonds is 5. The third-order valence-corrected chi connectivity index (χ3v) is 4.33. The third-order valence-electron chi connectivity index (χ3n) is 3.62.